The quantitative estimate of drug-likeness (QED) is 0.356. The summed E-state index contributed by atoms with van der Waals surface area (Å²) in [4.78, 5) is 25.6. The first kappa shape index (κ1) is 17.9. The summed E-state index contributed by atoms with van der Waals surface area (Å²) in [5, 5.41) is 0. The number of esters is 1. The highest BCUT2D eigenvalue weighted by Gasteiger charge is 2.62. The highest BCUT2D eigenvalue weighted by molar-refractivity contribution is 6.70. The second-order valence-corrected chi connectivity index (χ2v) is 12.0. The van der Waals surface area contributed by atoms with E-state index in [0.29, 0.717) is 12.2 Å². The average Bonchev–Trinajstić information content (AvgIpc) is 2.52. The molecule has 6 heteroatoms. The molecule has 3 atom stereocenters. The number of benzene rings is 1. The fraction of sp³-hybridized carbons (Fsp3) is 0.474. The molecule has 0 N–H and O–H groups in total. The fourth-order valence-corrected chi connectivity index (χ4v) is 4.84. The Balaban J connectivity index is 2.18. The van der Waals surface area contributed by atoms with E-state index in [4.69, 9.17) is 13.9 Å². The molecule has 134 valence electrons. The van der Waals surface area contributed by atoms with Crippen LogP contribution in [0, 0.1) is 5.41 Å². The summed E-state index contributed by atoms with van der Waals surface area (Å²) in [5.74, 6) is 0.158. The molecule has 1 aliphatic carbocycles. The van der Waals surface area contributed by atoms with Gasteiger partial charge in [0, 0.05) is 25.0 Å². The Morgan fingerprint density at radius 3 is 2.56 bits per heavy atom. The first-order chi connectivity index (χ1) is 11.7. The maximum Gasteiger partial charge on any atom is 0.328 e. The molecule has 0 bridgehead atoms. The van der Waals surface area contributed by atoms with Crippen molar-refractivity contribution in [3.8, 4) is 5.75 Å². The number of ether oxygens (including phenoxy) is 2. The zero-order chi connectivity index (χ0) is 18.4. The van der Waals surface area contributed by atoms with Gasteiger partial charge in [-0.25, -0.2) is 0 Å². The number of rotatable bonds is 4. The van der Waals surface area contributed by atoms with Crippen molar-refractivity contribution >= 4 is 20.1 Å². The Bertz CT molecular complexity index is 748. The zero-order valence-electron chi connectivity index (χ0n) is 15.3. The van der Waals surface area contributed by atoms with Crippen LogP contribution in [0.5, 0.6) is 5.75 Å². The minimum absolute atomic E-state index is 0.243. The molecule has 0 saturated heterocycles. The summed E-state index contributed by atoms with van der Waals surface area (Å²) >= 11 is 0. The van der Waals surface area contributed by atoms with Crippen molar-refractivity contribution in [2.24, 2.45) is 5.41 Å². The van der Waals surface area contributed by atoms with Crippen LogP contribution in [0.3, 0.4) is 0 Å². The number of para-hydroxylation sites is 1. The van der Waals surface area contributed by atoms with Gasteiger partial charge in [0.2, 0.25) is 8.32 Å². The van der Waals surface area contributed by atoms with Crippen molar-refractivity contribution in [3.05, 3.63) is 41.7 Å². The molecule has 1 aromatic rings. The molecule has 5 nitrogen and oxygen atoms in total. The standard InChI is InChI=1S/C19H24O5Si/c1-12(20)19-15(14-8-6-7-9-16(14)23-18(19)21)10-13(11-17(19)22-2)24-25(3,4)5/h6-9,11,15,17H,10H2,1-5H3/t15-,17-,19+/m0/s1. The van der Waals surface area contributed by atoms with Crippen LogP contribution in [0.1, 0.15) is 24.8 Å². The van der Waals surface area contributed by atoms with Crippen LogP contribution < -0.4 is 4.74 Å². The summed E-state index contributed by atoms with van der Waals surface area (Å²) < 4.78 is 17.3. The van der Waals surface area contributed by atoms with Gasteiger partial charge in [-0.3, -0.25) is 9.59 Å². The van der Waals surface area contributed by atoms with Crippen LogP contribution in [0.2, 0.25) is 19.6 Å². The van der Waals surface area contributed by atoms with Gasteiger partial charge in [0.25, 0.3) is 0 Å². The molecule has 0 spiro atoms. The number of carbonyl (C=O) groups excluding carboxylic acids is 2. The van der Waals surface area contributed by atoms with Gasteiger partial charge in [-0.05, 0) is 38.7 Å². The third-order valence-electron chi connectivity index (χ3n) is 4.85. The van der Waals surface area contributed by atoms with E-state index in [1.165, 1.54) is 14.0 Å². The van der Waals surface area contributed by atoms with Crippen molar-refractivity contribution in [2.75, 3.05) is 7.11 Å². The molecule has 1 aliphatic heterocycles. The molecule has 3 rings (SSSR count). The van der Waals surface area contributed by atoms with Crippen LogP contribution in [0.15, 0.2) is 36.1 Å². The van der Waals surface area contributed by atoms with Crippen LogP contribution in [-0.2, 0) is 18.8 Å². The topological polar surface area (TPSA) is 61.8 Å². The lowest BCUT2D eigenvalue weighted by atomic mass is 9.60. The third kappa shape index (κ3) is 2.83. The number of fused-ring (bicyclic) bond motifs is 3. The van der Waals surface area contributed by atoms with Crippen molar-refractivity contribution in [2.45, 2.75) is 45.0 Å². The minimum atomic E-state index is -1.83. The largest absolute Gasteiger partial charge is 0.547 e. The maximum atomic E-state index is 12.9. The monoisotopic (exact) mass is 360 g/mol. The van der Waals surface area contributed by atoms with Gasteiger partial charge in [0.05, 0.1) is 5.76 Å². The van der Waals surface area contributed by atoms with E-state index in [1.807, 2.05) is 18.2 Å². The highest BCUT2D eigenvalue weighted by Crippen LogP contribution is 2.54. The summed E-state index contributed by atoms with van der Waals surface area (Å²) in [6.07, 6.45) is 1.55. The lowest BCUT2D eigenvalue weighted by Crippen LogP contribution is -2.58. The van der Waals surface area contributed by atoms with Crippen molar-refractivity contribution in [3.63, 3.8) is 0 Å². The van der Waals surface area contributed by atoms with E-state index >= 15 is 0 Å². The number of hydrogen-bond acceptors (Lipinski definition) is 5. The number of carbonyl (C=O) groups is 2. The van der Waals surface area contributed by atoms with E-state index in [2.05, 4.69) is 19.6 Å². The summed E-state index contributed by atoms with van der Waals surface area (Å²) in [6, 6.07) is 7.38. The van der Waals surface area contributed by atoms with E-state index in [9.17, 15) is 9.59 Å². The molecule has 0 saturated carbocycles. The van der Waals surface area contributed by atoms with Crippen molar-refractivity contribution in [1.82, 2.24) is 0 Å². The normalized spacial score (nSPS) is 28.4. The summed E-state index contributed by atoms with van der Waals surface area (Å²) in [5.41, 5.74) is -0.515. The van der Waals surface area contributed by atoms with E-state index in [1.54, 1.807) is 12.1 Å². The molecule has 1 heterocycles. The van der Waals surface area contributed by atoms with E-state index in [0.717, 1.165) is 11.3 Å². The van der Waals surface area contributed by atoms with Crippen LogP contribution in [-0.4, -0.2) is 33.3 Å². The Morgan fingerprint density at radius 2 is 1.96 bits per heavy atom. The Hall–Kier alpha value is -1.92. The summed E-state index contributed by atoms with van der Waals surface area (Å²) in [6.45, 7) is 7.75. The predicted octanol–water partition coefficient (Wildman–Crippen LogP) is 3.42. The molecule has 1 aromatic carbocycles. The highest BCUT2D eigenvalue weighted by atomic mass is 28.4. The van der Waals surface area contributed by atoms with Gasteiger partial charge in [0.15, 0.2) is 11.2 Å². The van der Waals surface area contributed by atoms with Gasteiger partial charge in [0.1, 0.15) is 11.9 Å². The Labute approximate surface area is 149 Å². The van der Waals surface area contributed by atoms with Gasteiger partial charge in [-0.1, -0.05) is 18.2 Å². The van der Waals surface area contributed by atoms with Gasteiger partial charge in [-0.15, -0.1) is 0 Å². The van der Waals surface area contributed by atoms with Crippen LogP contribution >= 0.6 is 0 Å². The maximum absolute atomic E-state index is 12.9. The second kappa shape index (κ2) is 6.11. The number of Topliss-reactive ketones (excluding diaryl/α,β-unsaturated/α-hetero) is 1. The fourth-order valence-electron chi connectivity index (χ4n) is 3.90. The van der Waals surface area contributed by atoms with Gasteiger partial charge >= 0.3 is 5.97 Å². The van der Waals surface area contributed by atoms with Gasteiger partial charge in [-0.2, -0.15) is 0 Å². The lowest BCUT2D eigenvalue weighted by Gasteiger charge is -2.47. The molecule has 0 fully saturated rings. The number of hydrogen-bond donors (Lipinski definition) is 0. The number of methoxy groups -OCH3 is 1. The Morgan fingerprint density at radius 1 is 1.28 bits per heavy atom. The molecule has 0 amide bonds. The molecular formula is C19H24O5Si. The minimum Gasteiger partial charge on any atom is -0.547 e. The average molecular weight is 360 g/mol. The first-order valence-corrected chi connectivity index (χ1v) is 11.9. The van der Waals surface area contributed by atoms with Crippen molar-refractivity contribution in [1.29, 1.82) is 0 Å². The summed E-state index contributed by atoms with van der Waals surface area (Å²) in [7, 11) is -0.320. The van der Waals surface area contributed by atoms with Crippen LogP contribution in [0.4, 0.5) is 0 Å². The molecule has 0 unspecified atom stereocenters. The lowest BCUT2D eigenvalue weighted by molar-refractivity contribution is -0.165. The smallest absolute Gasteiger partial charge is 0.328 e. The molecule has 0 aromatic heterocycles. The molecule has 0 radical (unpaired) electrons. The Kier molecular flexibility index (Phi) is 4.37. The van der Waals surface area contributed by atoms with E-state index < -0.39 is 25.8 Å². The second-order valence-electron chi connectivity index (χ2n) is 7.61. The number of ketones is 1. The molecule has 25 heavy (non-hydrogen) atoms. The van der Waals surface area contributed by atoms with Gasteiger partial charge < -0.3 is 13.9 Å². The molecular weight excluding hydrogens is 336 g/mol. The number of allylic oxidation sites excluding steroid dienone is 1. The van der Waals surface area contributed by atoms with E-state index in [-0.39, 0.29) is 11.7 Å². The van der Waals surface area contributed by atoms with Crippen LogP contribution in [0.25, 0.3) is 0 Å². The predicted molar refractivity (Wildman–Crippen MR) is 95.9 cm³/mol. The molecule has 2 aliphatic rings. The first-order valence-electron chi connectivity index (χ1n) is 8.45. The SMILES string of the molecule is CO[C@H]1C=C(O[Si](C)(C)C)C[C@H]2c3ccccc3OC(=O)[C@@]12C(C)=O. The van der Waals surface area contributed by atoms with Crippen molar-refractivity contribution < 1.29 is 23.5 Å². The third-order valence-corrected chi connectivity index (χ3v) is 5.72. The zero-order valence-corrected chi connectivity index (χ0v) is 16.3.